The molecular formula is C16H22N2S2. The fraction of sp³-hybridized carbons (Fsp3) is 0.438. The van der Waals surface area contributed by atoms with Crippen LogP contribution in [-0.4, -0.2) is 11.0 Å². The van der Waals surface area contributed by atoms with Gasteiger partial charge in [-0.1, -0.05) is 32.9 Å². The number of hydrogen-bond donors (Lipinski definition) is 1. The third-order valence-corrected chi connectivity index (χ3v) is 5.01. The highest BCUT2D eigenvalue weighted by Gasteiger charge is 2.02. The molecule has 0 atom stereocenters. The van der Waals surface area contributed by atoms with Crippen molar-refractivity contribution in [3.8, 4) is 0 Å². The van der Waals surface area contributed by atoms with E-state index in [-0.39, 0.29) is 0 Å². The van der Waals surface area contributed by atoms with Crippen molar-refractivity contribution in [3.63, 3.8) is 0 Å². The van der Waals surface area contributed by atoms with E-state index in [1.165, 1.54) is 21.2 Å². The van der Waals surface area contributed by atoms with Crippen LogP contribution in [0.5, 0.6) is 0 Å². The Morgan fingerprint density at radius 3 is 2.60 bits per heavy atom. The molecule has 20 heavy (non-hydrogen) atoms. The molecule has 0 saturated carbocycles. The summed E-state index contributed by atoms with van der Waals surface area (Å²) in [6, 6.07) is 9.35. The Morgan fingerprint density at radius 1 is 1.25 bits per heavy atom. The summed E-state index contributed by atoms with van der Waals surface area (Å²) in [5.74, 6) is 0.958. The molecule has 1 aromatic carbocycles. The molecule has 0 spiro atoms. The molecule has 2 rings (SSSR count). The van der Waals surface area contributed by atoms with Crippen molar-refractivity contribution in [2.45, 2.75) is 50.4 Å². The highest BCUT2D eigenvalue weighted by molar-refractivity contribution is 7.98. The molecule has 0 amide bonds. The van der Waals surface area contributed by atoms with Gasteiger partial charge >= 0.3 is 0 Å². The maximum atomic E-state index is 4.60. The minimum Gasteiger partial charge on any atom is -0.310 e. The maximum absolute atomic E-state index is 4.60. The van der Waals surface area contributed by atoms with E-state index in [1.54, 1.807) is 11.3 Å². The Hall–Kier alpha value is -0.840. The molecule has 0 unspecified atom stereocenters. The van der Waals surface area contributed by atoms with Crippen molar-refractivity contribution in [1.82, 2.24) is 10.3 Å². The second-order valence-electron chi connectivity index (χ2n) is 5.05. The van der Waals surface area contributed by atoms with Crippen LogP contribution < -0.4 is 5.32 Å². The van der Waals surface area contributed by atoms with Crippen LogP contribution >= 0.6 is 23.1 Å². The van der Waals surface area contributed by atoms with Gasteiger partial charge in [0.2, 0.25) is 0 Å². The molecule has 108 valence electrons. The average Bonchev–Trinajstić information content (AvgIpc) is 2.92. The second-order valence-corrected chi connectivity index (χ2v) is 7.05. The lowest BCUT2D eigenvalue weighted by Crippen LogP contribution is -2.21. The molecule has 0 radical (unpaired) electrons. The number of rotatable bonds is 7. The molecule has 0 saturated heterocycles. The van der Waals surface area contributed by atoms with Crippen molar-refractivity contribution in [3.05, 3.63) is 45.9 Å². The predicted molar refractivity (Wildman–Crippen MR) is 89.5 cm³/mol. The molecule has 4 heteroatoms. The number of thioether (sulfide) groups is 1. The summed E-state index contributed by atoms with van der Waals surface area (Å²) in [5.41, 5.74) is 2.53. The zero-order valence-corrected chi connectivity index (χ0v) is 14.0. The van der Waals surface area contributed by atoms with Crippen LogP contribution in [0.15, 0.2) is 34.5 Å². The van der Waals surface area contributed by atoms with E-state index in [9.17, 15) is 0 Å². The molecule has 1 heterocycles. The van der Waals surface area contributed by atoms with E-state index >= 15 is 0 Å². The molecule has 0 fully saturated rings. The fourth-order valence-corrected chi connectivity index (χ4v) is 3.40. The lowest BCUT2D eigenvalue weighted by atomic mass is 10.2. The summed E-state index contributed by atoms with van der Waals surface area (Å²) in [6.45, 7) is 7.43. The van der Waals surface area contributed by atoms with Crippen molar-refractivity contribution in [2.24, 2.45) is 0 Å². The predicted octanol–water partition coefficient (Wildman–Crippen LogP) is 4.50. The van der Waals surface area contributed by atoms with Crippen LogP contribution in [0.25, 0.3) is 0 Å². The summed E-state index contributed by atoms with van der Waals surface area (Å²) in [7, 11) is 0. The third-order valence-electron chi connectivity index (χ3n) is 2.93. The van der Waals surface area contributed by atoms with Crippen molar-refractivity contribution in [1.29, 1.82) is 0 Å². The van der Waals surface area contributed by atoms with Crippen LogP contribution in [0, 0.1) is 0 Å². The van der Waals surface area contributed by atoms with Gasteiger partial charge in [-0.15, -0.1) is 23.1 Å². The summed E-state index contributed by atoms with van der Waals surface area (Å²) >= 11 is 3.62. The van der Waals surface area contributed by atoms with Gasteiger partial charge < -0.3 is 5.32 Å². The number of thiazole rings is 1. The molecule has 0 aliphatic carbocycles. The lowest BCUT2D eigenvalue weighted by molar-refractivity contribution is 0.588. The second kappa shape index (κ2) is 7.81. The Kier molecular flexibility index (Phi) is 6.07. The quantitative estimate of drug-likeness (QED) is 0.763. The maximum Gasteiger partial charge on any atom is 0.0925 e. The zero-order chi connectivity index (χ0) is 14.4. The number of nitrogens with zero attached hydrogens (tertiary/aromatic N) is 1. The third kappa shape index (κ3) is 4.93. The Labute approximate surface area is 130 Å². The molecule has 1 aromatic heterocycles. The molecule has 0 bridgehead atoms. The van der Waals surface area contributed by atoms with Crippen LogP contribution in [0.3, 0.4) is 0 Å². The van der Waals surface area contributed by atoms with E-state index in [2.05, 4.69) is 60.7 Å². The minimum atomic E-state index is 0.529. The van der Waals surface area contributed by atoms with Gasteiger partial charge in [-0.25, -0.2) is 4.98 Å². The number of benzene rings is 1. The van der Waals surface area contributed by atoms with Crippen LogP contribution in [-0.2, 0) is 18.7 Å². The normalized spacial score (nSPS) is 11.2. The van der Waals surface area contributed by atoms with Crippen LogP contribution in [0.1, 0.15) is 37.0 Å². The largest absolute Gasteiger partial charge is 0.310 e. The van der Waals surface area contributed by atoms with Crippen molar-refractivity contribution >= 4 is 23.1 Å². The Balaban J connectivity index is 1.84. The Morgan fingerprint density at radius 2 is 2.00 bits per heavy atom. The molecule has 2 nitrogen and oxygen atoms in total. The molecule has 0 aliphatic rings. The molecule has 1 N–H and O–H groups in total. The van der Waals surface area contributed by atoms with E-state index in [0.29, 0.717) is 6.04 Å². The Bertz CT molecular complexity index is 518. The SMILES string of the molecule is CCc1nc(CSc2ccc(CNC(C)C)cc2)cs1. The fourth-order valence-electron chi connectivity index (χ4n) is 1.76. The monoisotopic (exact) mass is 306 g/mol. The molecule has 2 aromatic rings. The summed E-state index contributed by atoms with van der Waals surface area (Å²) in [4.78, 5) is 5.91. The molecule has 0 aliphatic heterocycles. The van der Waals surface area contributed by atoms with Gasteiger partial charge in [0.15, 0.2) is 0 Å². The number of aromatic nitrogens is 1. The summed E-state index contributed by atoms with van der Waals surface area (Å²) in [6.07, 6.45) is 1.03. The first kappa shape index (κ1) is 15.5. The van der Waals surface area contributed by atoms with Crippen molar-refractivity contribution in [2.75, 3.05) is 0 Å². The van der Waals surface area contributed by atoms with E-state index < -0.39 is 0 Å². The van der Waals surface area contributed by atoms with Gasteiger partial charge in [0, 0.05) is 28.6 Å². The molecular weight excluding hydrogens is 284 g/mol. The van der Waals surface area contributed by atoms with Gasteiger partial charge in [0.1, 0.15) is 0 Å². The highest BCUT2D eigenvalue weighted by atomic mass is 32.2. The first-order valence-electron chi connectivity index (χ1n) is 7.05. The minimum absolute atomic E-state index is 0.529. The summed E-state index contributed by atoms with van der Waals surface area (Å²) < 4.78 is 0. The van der Waals surface area contributed by atoms with E-state index in [4.69, 9.17) is 0 Å². The van der Waals surface area contributed by atoms with E-state index in [0.717, 1.165) is 18.7 Å². The van der Waals surface area contributed by atoms with Crippen LogP contribution in [0.4, 0.5) is 0 Å². The number of hydrogen-bond acceptors (Lipinski definition) is 4. The highest BCUT2D eigenvalue weighted by Crippen LogP contribution is 2.24. The van der Waals surface area contributed by atoms with Crippen LogP contribution in [0.2, 0.25) is 0 Å². The average molecular weight is 306 g/mol. The smallest absolute Gasteiger partial charge is 0.0925 e. The zero-order valence-electron chi connectivity index (χ0n) is 12.3. The van der Waals surface area contributed by atoms with Gasteiger partial charge in [-0.3, -0.25) is 0 Å². The number of nitrogens with one attached hydrogen (secondary N) is 1. The number of aryl methyl sites for hydroxylation is 1. The lowest BCUT2D eigenvalue weighted by Gasteiger charge is -2.08. The van der Waals surface area contributed by atoms with Crippen molar-refractivity contribution < 1.29 is 0 Å². The van der Waals surface area contributed by atoms with E-state index in [1.807, 2.05) is 11.8 Å². The summed E-state index contributed by atoms with van der Waals surface area (Å²) in [5, 5.41) is 6.84. The topological polar surface area (TPSA) is 24.9 Å². The van der Waals surface area contributed by atoms with Gasteiger partial charge in [0.05, 0.1) is 10.7 Å². The van der Waals surface area contributed by atoms with Gasteiger partial charge in [-0.2, -0.15) is 0 Å². The first-order chi connectivity index (χ1) is 9.67. The first-order valence-corrected chi connectivity index (χ1v) is 8.92. The standard InChI is InChI=1S/C16H22N2S2/c1-4-16-18-14(11-20-16)10-19-15-7-5-13(6-8-15)9-17-12(2)3/h5-8,11-12,17H,4,9-10H2,1-3H3. The van der Waals surface area contributed by atoms with Gasteiger partial charge in [0.25, 0.3) is 0 Å². The van der Waals surface area contributed by atoms with Gasteiger partial charge in [-0.05, 0) is 24.1 Å².